The van der Waals surface area contributed by atoms with Gasteiger partial charge in [-0.2, -0.15) is 0 Å². The van der Waals surface area contributed by atoms with Gasteiger partial charge in [0.05, 0.1) is 0 Å². The molecular formula is C16H21Cl2NO2. The van der Waals surface area contributed by atoms with Crippen molar-refractivity contribution >= 4 is 29.2 Å². The van der Waals surface area contributed by atoms with E-state index in [9.17, 15) is 4.79 Å². The highest BCUT2D eigenvalue weighted by molar-refractivity contribution is 6.35. The van der Waals surface area contributed by atoms with Crippen molar-refractivity contribution in [3.05, 3.63) is 33.8 Å². The fourth-order valence-electron chi connectivity index (χ4n) is 2.52. The number of rotatable bonds is 3. The molecule has 1 aromatic carbocycles. The van der Waals surface area contributed by atoms with Gasteiger partial charge in [0.15, 0.2) is 0 Å². The van der Waals surface area contributed by atoms with Gasteiger partial charge in [0.1, 0.15) is 11.6 Å². The Bertz CT molecular complexity index is 525. The maximum Gasteiger partial charge on any atom is 0.323 e. The number of likely N-dealkylation sites (tertiary alicyclic amines) is 1. The van der Waals surface area contributed by atoms with Crippen LogP contribution >= 0.6 is 23.2 Å². The number of nitrogens with zero attached hydrogens (tertiary/aromatic N) is 1. The van der Waals surface area contributed by atoms with Crippen LogP contribution in [0, 0.1) is 0 Å². The molecule has 0 unspecified atom stereocenters. The Morgan fingerprint density at radius 1 is 1.38 bits per heavy atom. The van der Waals surface area contributed by atoms with Gasteiger partial charge in [-0.05, 0) is 57.9 Å². The molecule has 0 radical (unpaired) electrons. The molecule has 0 amide bonds. The average molecular weight is 330 g/mol. The summed E-state index contributed by atoms with van der Waals surface area (Å²) >= 11 is 12.1. The zero-order chi connectivity index (χ0) is 15.6. The fraction of sp³-hybridized carbons (Fsp3) is 0.562. The van der Waals surface area contributed by atoms with Gasteiger partial charge in [0.25, 0.3) is 0 Å². The van der Waals surface area contributed by atoms with Crippen molar-refractivity contribution in [2.45, 2.75) is 51.8 Å². The zero-order valence-electron chi connectivity index (χ0n) is 12.7. The normalized spacial score (nSPS) is 19.8. The first-order valence-electron chi connectivity index (χ1n) is 7.17. The van der Waals surface area contributed by atoms with Crippen molar-refractivity contribution in [3.8, 4) is 0 Å². The minimum atomic E-state index is -0.455. The maximum absolute atomic E-state index is 12.3. The van der Waals surface area contributed by atoms with E-state index in [4.69, 9.17) is 27.9 Å². The standard InChI is InChI=1S/C16H21Cl2NO2/c1-16(2,3)21-15(20)14-5-4-8-19(14)10-11-6-7-12(17)9-13(11)18/h6-7,9,14H,4-5,8,10H2,1-3H3/t14-/m0/s1. The number of ether oxygens (including phenoxy) is 1. The van der Waals surface area contributed by atoms with Crippen molar-refractivity contribution in [2.75, 3.05) is 6.54 Å². The Morgan fingerprint density at radius 3 is 2.71 bits per heavy atom. The topological polar surface area (TPSA) is 29.5 Å². The predicted octanol–water partition coefficient (Wildman–Crippen LogP) is 4.30. The van der Waals surface area contributed by atoms with Crippen molar-refractivity contribution in [2.24, 2.45) is 0 Å². The molecule has 0 saturated carbocycles. The molecule has 0 bridgehead atoms. The molecule has 0 N–H and O–H groups in total. The maximum atomic E-state index is 12.3. The number of benzene rings is 1. The molecule has 1 fully saturated rings. The first-order chi connectivity index (χ1) is 9.76. The molecule has 1 aliphatic heterocycles. The van der Waals surface area contributed by atoms with E-state index in [-0.39, 0.29) is 12.0 Å². The van der Waals surface area contributed by atoms with Crippen molar-refractivity contribution < 1.29 is 9.53 Å². The minimum absolute atomic E-state index is 0.148. The van der Waals surface area contributed by atoms with E-state index >= 15 is 0 Å². The van der Waals surface area contributed by atoms with Crippen LogP contribution in [0.25, 0.3) is 0 Å². The number of carbonyl (C=O) groups is 1. The Balaban J connectivity index is 2.06. The molecule has 1 aromatic rings. The number of halogens is 2. The summed E-state index contributed by atoms with van der Waals surface area (Å²) in [5.74, 6) is -0.148. The molecule has 0 aromatic heterocycles. The van der Waals surface area contributed by atoms with Crippen LogP contribution in [0.15, 0.2) is 18.2 Å². The van der Waals surface area contributed by atoms with E-state index in [0.29, 0.717) is 16.6 Å². The molecule has 5 heteroatoms. The lowest BCUT2D eigenvalue weighted by Gasteiger charge is -2.27. The summed E-state index contributed by atoms with van der Waals surface area (Å²) in [4.78, 5) is 14.4. The molecule has 1 aliphatic rings. The predicted molar refractivity (Wildman–Crippen MR) is 85.7 cm³/mol. The van der Waals surface area contributed by atoms with Crippen LogP contribution in [-0.4, -0.2) is 29.1 Å². The summed E-state index contributed by atoms with van der Waals surface area (Å²) in [6, 6.07) is 5.28. The van der Waals surface area contributed by atoms with Gasteiger partial charge in [-0.1, -0.05) is 29.3 Å². The van der Waals surface area contributed by atoms with Crippen LogP contribution in [0.3, 0.4) is 0 Å². The zero-order valence-corrected chi connectivity index (χ0v) is 14.2. The van der Waals surface area contributed by atoms with Crippen LogP contribution < -0.4 is 0 Å². The van der Waals surface area contributed by atoms with E-state index in [1.165, 1.54) is 0 Å². The molecule has 2 rings (SSSR count). The molecule has 0 aliphatic carbocycles. The number of hydrogen-bond acceptors (Lipinski definition) is 3. The van der Waals surface area contributed by atoms with E-state index in [1.807, 2.05) is 32.9 Å². The molecule has 1 heterocycles. The lowest BCUT2D eigenvalue weighted by molar-refractivity contribution is -0.160. The van der Waals surface area contributed by atoms with E-state index in [1.54, 1.807) is 6.07 Å². The summed E-state index contributed by atoms with van der Waals surface area (Å²) in [5, 5.41) is 1.26. The highest BCUT2D eigenvalue weighted by Crippen LogP contribution is 2.27. The molecule has 0 spiro atoms. The number of esters is 1. The second-order valence-corrected chi connectivity index (χ2v) is 7.24. The summed E-state index contributed by atoms with van der Waals surface area (Å²) < 4.78 is 5.50. The Labute approximate surface area is 136 Å². The lowest BCUT2D eigenvalue weighted by Crippen LogP contribution is -2.40. The van der Waals surface area contributed by atoms with Crippen LogP contribution in [0.4, 0.5) is 0 Å². The highest BCUT2D eigenvalue weighted by Gasteiger charge is 2.34. The summed E-state index contributed by atoms with van der Waals surface area (Å²) in [5.41, 5.74) is 0.528. The van der Waals surface area contributed by atoms with Crippen LogP contribution in [0.2, 0.25) is 10.0 Å². The van der Waals surface area contributed by atoms with Gasteiger partial charge < -0.3 is 4.74 Å². The Morgan fingerprint density at radius 2 is 2.10 bits per heavy atom. The van der Waals surface area contributed by atoms with Gasteiger partial charge in [-0.3, -0.25) is 9.69 Å². The second-order valence-electron chi connectivity index (χ2n) is 6.40. The SMILES string of the molecule is CC(C)(C)OC(=O)[C@@H]1CCCN1Cc1ccc(Cl)cc1Cl. The highest BCUT2D eigenvalue weighted by atomic mass is 35.5. The number of hydrogen-bond donors (Lipinski definition) is 0. The minimum Gasteiger partial charge on any atom is -0.459 e. The number of carbonyl (C=O) groups excluding carboxylic acids is 1. The third-order valence-electron chi connectivity index (χ3n) is 3.43. The monoisotopic (exact) mass is 329 g/mol. The van der Waals surface area contributed by atoms with E-state index < -0.39 is 5.60 Å². The third kappa shape index (κ3) is 4.60. The largest absolute Gasteiger partial charge is 0.459 e. The van der Waals surface area contributed by atoms with E-state index in [2.05, 4.69) is 4.90 Å². The summed E-state index contributed by atoms with van der Waals surface area (Å²) in [6.07, 6.45) is 1.83. The van der Waals surface area contributed by atoms with Gasteiger partial charge in [0.2, 0.25) is 0 Å². The Kier molecular flexibility index (Phi) is 5.18. The molecular weight excluding hydrogens is 309 g/mol. The molecule has 21 heavy (non-hydrogen) atoms. The molecule has 116 valence electrons. The van der Waals surface area contributed by atoms with Gasteiger partial charge in [-0.15, -0.1) is 0 Å². The van der Waals surface area contributed by atoms with Crippen molar-refractivity contribution in [1.29, 1.82) is 0 Å². The van der Waals surface area contributed by atoms with Crippen molar-refractivity contribution in [3.63, 3.8) is 0 Å². The third-order valence-corrected chi connectivity index (χ3v) is 4.02. The molecule has 1 atom stereocenters. The van der Waals surface area contributed by atoms with Crippen LogP contribution in [0.5, 0.6) is 0 Å². The molecule has 1 saturated heterocycles. The summed E-state index contributed by atoms with van der Waals surface area (Å²) in [6.45, 7) is 7.18. The van der Waals surface area contributed by atoms with Gasteiger partial charge in [-0.25, -0.2) is 0 Å². The lowest BCUT2D eigenvalue weighted by atomic mass is 10.1. The van der Waals surface area contributed by atoms with E-state index in [0.717, 1.165) is 24.9 Å². The first kappa shape index (κ1) is 16.6. The Hall–Kier alpha value is -0.770. The smallest absolute Gasteiger partial charge is 0.323 e. The first-order valence-corrected chi connectivity index (χ1v) is 7.93. The van der Waals surface area contributed by atoms with Crippen LogP contribution in [0.1, 0.15) is 39.2 Å². The fourth-order valence-corrected chi connectivity index (χ4v) is 2.99. The quantitative estimate of drug-likeness (QED) is 0.774. The second kappa shape index (κ2) is 6.55. The summed E-state index contributed by atoms with van der Waals surface area (Å²) in [7, 11) is 0. The average Bonchev–Trinajstić information content (AvgIpc) is 2.79. The molecule has 3 nitrogen and oxygen atoms in total. The van der Waals surface area contributed by atoms with Crippen LogP contribution in [-0.2, 0) is 16.1 Å². The van der Waals surface area contributed by atoms with Crippen molar-refractivity contribution in [1.82, 2.24) is 4.90 Å². The van der Waals surface area contributed by atoms with Gasteiger partial charge >= 0.3 is 5.97 Å². The van der Waals surface area contributed by atoms with Gasteiger partial charge in [0, 0.05) is 16.6 Å².